The second-order valence-electron chi connectivity index (χ2n) is 6.43. The van der Waals surface area contributed by atoms with Gasteiger partial charge in [0.1, 0.15) is 0 Å². The first-order valence-electron chi connectivity index (χ1n) is 8.25. The van der Waals surface area contributed by atoms with E-state index in [9.17, 15) is 4.79 Å². The Morgan fingerprint density at radius 1 is 0.708 bits per heavy atom. The van der Waals surface area contributed by atoms with E-state index in [2.05, 4.69) is 57.2 Å². The van der Waals surface area contributed by atoms with Gasteiger partial charge in [0.15, 0.2) is 0 Å². The van der Waals surface area contributed by atoms with E-state index in [1.165, 1.54) is 28.0 Å². The molecule has 0 aliphatic heterocycles. The van der Waals surface area contributed by atoms with Gasteiger partial charge < -0.3 is 0 Å². The van der Waals surface area contributed by atoms with Crippen molar-refractivity contribution in [1.29, 1.82) is 0 Å². The fraction of sp³-hybridized carbons (Fsp3) is 0.136. The topological polar surface area (TPSA) is 17.1 Å². The number of hydrogen-bond acceptors (Lipinski definition) is 1. The van der Waals surface area contributed by atoms with Crippen LogP contribution in [0.25, 0.3) is 0 Å². The Morgan fingerprint density at radius 3 is 1.50 bits per heavy atom. The monoisotopic (exact) mass is 334 g/mol. The van der Waals surface area contributed by atoms with Crippen LogP contribution in [0.2, 0.25) is 0 Å². The van der Waals surface area contributed by atoms with Crippen molar-refractivity contribution >= 4 is 29.2 Å². The summed E-state index contributed by atoms with van der Waals surface area (Å²) in [5.41, 5.74) is 3.65. The van der Waals surface area contributed by atoms with Crippen LogP contribution in [-0.4, -0.2) is 6.03 Å². The molecule has 0 fully saturated rings. The van der Waals surface area contributed by atoms with Crippen LogP contribution in [0.4, 0.5) is 0 Å². The van der Waals surface area contributed by atoms with Gasteiger partial charge in [-0.25, -0.2) is 0 Å². The number of benzene rings is 3. The molecule has 0 amide bonds. The molecule has 0 radical (unpaired) electrons. The Balaban J connectivity index is 2.42. The van der Waals surface area contributed by atoms with Crippen LogP contribution in [0.5, 0.6) is 0 Å². The molecule has 0 aliphatic rings. The molecular formula is C22H23OP. The molecule has 3 aromatic carbocycles. The molecule has 3 rings (SSSR count). The van der Waals surface area contributed by atoms with E-state index >= 15 is 0 Å². The molecule has 0 aliphatic carbocycles. The van der Waals surface area contributed by atoms with Gasteiger partial charge in [-0.3, -0.25) is 0 Å². The summed E-state index contributed by atoms with van der Waals surface area (Å²) in [6.07, 6.45) is 0. The van der Waals surface area contributed by atoms with Crippen LogP contribution in [0, 0.1) is 20.8 Å². The van der Waals surface area contributed by atoms with Crippen molar-refractivity contribution in [1.82, 2.24) is 0 Å². The van der Waals surface area contributed by atoms with Gasteiger partial charge in [0, 0.05) is 0 Å². The summed E-state index contributed by atoms with van der Waals surface area (Å²) in [4.78, 5) is 12.7. The molecule has 0 unspecified atom stereocenters. The Morgan fingerprint density at radius 2 is 1.12 bits per heavy atom. The molecular weight excluding hydrogens is 311 g/mol. The number of carbonyl (C=O) groups excluding carboxylic acids is 1. The third-order valence-corrected chi connectivity index (χ3v) is 9.13. The minimum atomic E-state index is -2.69. The van der Waals surface area contributed by atoms with E-state index < -0.39 is 7.26 Å². The Kier molecular flexibility index (Phi) is 4.64. The van der Waals surface area contributed by atoms with Crippen LogP contribution in [0.3, 0.4) is 0 Å². The van der Waals surface area contributed by atoms with E-state index in [1.54, 1.807) is 0 Å². The Labute approximate surface area is 144 Å². The molecule has 0 saturated heterocycles. The third-order valence-electron chi connectivity index (χ3n) is 4.71. The standard InChI is InChI=1S/C22H23OP/c1-17-14-18(2)22(19(3)15-17)24(16-23,20-10-6-4-7-11-20)21-12-8-5-9-13-21/h4-16,24H,1-3H3. The SMILES string of the molecule is Cc1cc(C)c([PH](C=O)(c2ccccc2)c2ccccc2)c(C)c1. The van der Waals surface area contributed by atoms with Crippen molar-refractivity contribution in [3.63, 3.8) is 0 Å². The number of carbonyl (C=O) groups is 1. The quantitative estimate of drug-likeness (QED) is 0.523. The van der Waals surface area contributed by atoms with Gasteiger partial charge in [0.05, 0.1) is 0 Å². The van der Waals surface area contributed by atoms with Gasteiger partial charge in [-0.1, -0.05) is 0 Å². The van der Waals surface area contributed by atoms with Crippen LogP contribution >= 0.6 is 7.26 Å². The Bertz CT molecular complexity index is 791. The summed E-state index contributed by atoms with van der Waals surface area (Å²) in [5, 5.41) is 3.50. The predicted octanol–water partition coefficient (Wildman–Crippen LogP) is 3.83. The average Bonchev–Trinajstić information content (AvgIpc) is 2.59. The van der Waals surface area contributed by atoms with Crippen molar-refractivity contribution in [2.75, 3.05) is 0 Å². The van der Waals surface area contributed by atoms with Gasteiger partial charge in [0.25, 0.3) is 0 Å². The minimum absolute atomic E-state index is 1.14. The van der Waals surface area contributed by atoms with Crippen molar-refractivity contribution in [2.24, 2.45) is 0 Å². The fourth-order valence-corrected chi connectivity index (χ4v) is 7.98. The zero-order valence-electron chi connectivity index (χ0n) is 14.4. The molecule has 24 heavy (non-hydrogen) atoms. The third kappa shape index (κ3) is 2.70. The summed E-state index contributed by atoms with van der Waals surface area (Å²) in [7, 11) is -2.69. The molecule has 0 aromatic heterocycles. The summed E-state index contributed by atoms with van der Waals surface area (Å²) in [6, 6.07) is 26.2. The zero-order chi connectivity index (χ0) is 17.2. The molecule has 0 spiro atoms. The van der Waals surface area contributed by atoms with Crippen molar-refractivity contribution in [2.45, 2.75) is 20.8 Å². The van der Waals surface area contributed by atoms with E-state index in [4.69, 9.17) is 0 Å². The van der Waals surface area contributed by atoms with E-state index in [1.807, 2.05) is 36.4 Å². The van der Waals surface area contributed by atoms with Crippen molar-refractivity contribution < 1.29 is 4.79 Å². The second kappa shape index (κ2) is 6.71. The first-order chi connectivity index (χ1) is 11.6. The van der Waals surface area contributed by atoms with E-state index in [0.29, 0.717) is 0 Å². The zero-order valence-corrected chi connectivity index (χ0v) is 15.4. The van der Waals surface area contributed by atoms with Crippen molar-refractivity contribution in [3.8, 4) is 0 Å². The normalized spacial score (nSPS) is 12.0. The number of hydrogen-bond donors (Lipinski definition) is 0. The summed E-state index contributed by atoms with van der Waals surface area (Å²) in [5.74, 6) is 0. The molecule has 0 atom stereocenters. The first kappa shape index (κ1) is 16.6. The van der Waals surface area contributed by atoms with Crippen LogP contribution < -0.4 is 15.9 Å². The van der Waals surface area contributed by atoms with E-state index in [0.717, 1.165) is 10.6 Å². The number of aryl methyl sites for hydroxylation is 3. The van der Waals surface area contributed by atoms with Gasteiger partial charge >= 0.3 is 144 Å². The van der Waals surface area contributed by atoms with Crippen molar-refractivity contribution in [3.05, 3.63) is 89.5 Å². The molecule has 0 N–H and O–H groups in total. The Hall–Kier alpha value is -2.24. The first-order valence-corrected chi connectivity index (χ1v) is 10.3. The summed E-state index contributed by atoms with van der Waals surface area (Å²) >= 11 is 0. The van der Waals surface area contributed by atoms with Gasteiger partial charge in [-0.15, -0.1) is 0 Å². The molecule has 0 heterocycles. The molecule has 1 nitrogen and oxygen atoms in total. The fourth-order valence-electron chi connectivity index (χ4n) is 3.85. The maximum absolute atomic E-state index is 12.7. The average molecular weight is 334 g/mol. The molecule has 3 aromatic rings. The van der Waals surface area contributed by atoms with Crippen LogP contribution in [0.1, 0.15) is 16.7 Å². The maximum atomic E-state index is 12.7. The summed E-state index contributed by atoms with van der Waals surface area (Å²) < 4.78 is 0. The van der Waals surface area contributed by atoms with Gasteiger partial charge in [0.2, 0.25) is 0 Å². The van der Waals surface area contributed by atoms with Crippen LogP contribution in [-0.2, 0) is 4.79 Å². The molecule has 2 heteroatoms. The molecule has 122 valence electrons. The second-order valence-corrected chi connectivity index (χ2v) is 9.94. The number of rotatable bonds is 4. The van der Waals surface area contributed by atoms with Crippen LogP contribution in [0.15, 0.2) is 72.8 Å². The predicted molar refractivity (Wildman–Crippen MR) is 108 cm³/mol. The van der Waals surface area contributed by atoms with Gasteiger partial charge in [-0.2, -0.15) is 0 Å². The van der Waals surface area contributed by atoms with E-state index in [-0.39, 0.29) is 0 Å². The van der Waals surface area contributed by atoms with Gasteiger partial charge in [-0.05, 0) is 0 Å². The molecule has 0 bridgehead atoms. The molecule has 0 saturated carbocycles. The summed E-state index contributed by atoms with van der Waals surface area (Å²) in [6.45, 7) is 6.37.